The third-order valence-corrected chi connectivity index (χ3v) is 4.07. The minimum Gasteiger partial charge on any atom is -0.358 e. The Hall–Kier alpha value is -1.89. The van der Waals surface area contributed by atoms with Crippen LogP contribution in [-0.4, -0.2) is 42.6 Å². The molecule has 0 atom stereocenters. The molecule has 2 aromatic rings. The number of anilines is 2. The van der Waals surface area contributed by atoms with E-state index in [0.717, 1.165) is 22.6 Å². The molecule has 6 nitrogen and oxygen atoms in total. The SMILES string of the molecule is CCNc1nc(N(CC)CC(=O)NC)c2cc(C)sc2n1. The maximum Gasteiger partial charge on any atom is 0.239 e. The zero-order valence-electron chi connectivity index (χ0n) is 12.9. The summed E-state index contributed by atoms with van der Waals surface area (Å²) in [5.74, 6) is 1.39. The van der Waals surface area contributed by atoms with Crippen molar-refractivity contribution in [3.63, 3.8) is 0 Å². The average Bonchev–Trinajstić information content (AvgIpc) is 2.84. The van der Waals surface area contributed by atoms with Gasteiger partial charge in [-0.25, -0.2) is 4.98 Å². The molecular formula is C14H21N5OS. The summed E-state index contributed by atoms with van der Waals surface area (Å²) in [6.45, 7) is 7.84. The van der Waals surface area contributed by atoms with Gasteiger partial charge >= 0.3 is 0 Å². The number of fused-ring (bicyclic) bond motifs is 1. The van der Waals surface area contributed by atoms with Gasteiger partial charge in [0.15, 0.2) is 0 Å². The van der Waals surface area contributed by atoms with Gasteiger partial charge in [-0.05, 0) is 26.8 Å². The van der Waals surface area contributed by atoms with Crippen LogP contribution >= 0.6 is 11.3 Å². The van der Waals surface area contributed by atoms with Crippen LogP contribution in [0.25, 0.3) is 10.2 Å². The van der Waals surface area contributed by atoms with E-state index in [1.807, 2.05) is 18.7 Å². The van der Waals surface area contributed by atoms with Crippen LogP contribution in [0.2, 0.25) is 0 Å². The number of likely N-dealkylation sites (N-methyl/N-ethyl adjacent to an activating group) is 2. The summed E-state index contributed by atoms with van der Waals surface area (Å²) in [6.07, 6.45) is 0. The van der Waals surface area contributed by atoms with Gasteiger partial charge in [-0.2, -0.15) is 4.98 Å². The number of aromatic nitrogens is 2. The lowest BCUT2D eigenvalue weighted by Crippen LogP contribution is -2.36. The fourth-order valence-corrected chi connectivity index (χ4v) is 2.97. The fraction of sp³-hybridized carbons (Fsp3) is 0.500. The number of rotatable bonds is 6. The van der Waals surface area contributed by atoms with Crippen LogP contribution in [-0.2, 0) is 4.79 Å². The minimum absolute atomic E-state index is 0.0273. The van der Waals surface area contributed by atoms with E-state index in [1.165, 1.54) is 4.88 Å². The highest BCUT2D eigenvalue weighted by atomic mass is 32.1. The molecule has 2 heterocycles. The van der Waals surface area contributed by atoms with Crippen molar-refractivity contribution in [3.05, 3.63) is 10.9 Å². The normalized spacial score (nSPS) is 10.7. The first-order valence-electron chi connectivity index (χ1n) is 7.06. The topological polar surface area (TPSA) is 70.2 Å². The maximum absolute atomic E-state index is 11.7. The van der Waals surface area contributed by atoms with Crippen LogP contribution in [0.4, 0.5) is 11.8 Å². The van der Waals surface area contributed by atoms with Crippen molar-refractivity contribution < 1.29 is 4.79 Å². The van der Waals surface area contributed by atoms with E-state index in [1.54, 1.807) is 18.4 Å². The number of nitrogens with one attached hydrogen (secondary N) is 2. The first-order chi connectivity index (χ1) is 10.1. The van der Waals surface area contributed by atoms with Crippen molar-refractivity contribution in [2.75, 3.05) is 36.9 Å². The molecule has 2 rings (SSSR count). The zero-order valence-corrected chi connectivity index (χ0v) is 13.7. The van der Waals surface area contributed by atoms with Gasteiger partial charge < -0.3 is 15.5 Å². The van der Waals surface area contributed by atoms with Gasteiger partial charge in [-0.3, -0.25) is 4.79 Å². The predicted octanol–water partition coefficient (Wildman–Crippen LogP) is 2.00. The molecule has 0 radical (unpaired) electrons. The molecule has 114 valence electrons. The van der Waals surface area contributed by atoms with Crippen molar-refractivity contribution in [2.24, 2.45) is 0 Å². The minimum atomic E-state index is -0.0273. The summed E-state index contributed by atoms with van der Waals surface area (Å²) >= 11 is 1.64. The van der Waals surface area contributed by atoms with E-state index in [9.17, 15) is 4.79 Å². The average molecular weight is 307 g/mol. The molecule has 0 saturated heterocycles. The summed E-state index contributed by atoms with van der Waals surface area (Å²) in [6, 6.07) is 2.08. The number of amides is 1. The van der Waals surface area contributed by atoms with Crippen LogP contribution in [0.15, 0.2) is 6.07 Å². The van der Waals surface area contributed by atoms with Crippen LogP contribution in [0.1, 0.15) is 18.7 Å². The summed E-state index contributed by atoms with van der Waals surface area (Å²) in [7, 11) is 1.64. The lowest BCUT2D eigenvalue weighted by molar-refractivity contribution is -0.119. The number of hydrogen-bond donors (Lipinski definition) is 2. The largest absolute Gasteiger partial charge is 0.358 e. The van der Waals surface area contributed by atoms with Gasteiger partial charge in [0.1, 0.15) is 10.6 Å². The molecule has 0 bridgehead atoms. The molecule has 2 aromatic heterocycles. The second kappa shape index (κ2) is 6.71. The van der Waals surface area contributed by atoms with Crippen molar-refractivity contribution in [1.82, 2.24) is 15.3 Å². The zero-order chi connectivity index (χ0) is 15.4. The van der Waals surface area contributed by atoms with Crippen LogP contribution < -0.4 is 15.5 Å². The Kier molecular flexibility index (Phi) is 4.95. The van der Waals surface area contributed by atoms with Crippen LogP contribution in [0.5, 0.6) is 0 Å². The van der Waals surface area contributed by atoms with Crippen molar-refractivity contribution in [1.29, 1.82) is 0 Å². The lowest BCUT2D eigenvalue weighted by atomic mass is 10.3. The van der Waals surface area contributed by atoms with Gasteiger partial charge in [0.2, 0.25) is 11.9 Å². The summed E-state index contributed by atoms with van der Waals surface area (Å²) < 4.78 is 0. The fourth-order valence-electron chi connectivity index (χ4n) is 2.09. The van der Waals surface area contributed by atoms with E-state index >= 15 is 0 Å². The van der Waals surface area contributed by atoms with E-state index in [-0.39, 0.29) is 5.91 Å². The lowest BCUT2D eigenvalue weighted by Gasteiger charge is -2.22. The van der Waals surface area contributed by atoms with Crippen LogP contribution in [0, 0.1) is 6.92 Å². The summed E-state index contributed by atoms with van der Waals surface area (Å²) in [4.78, 5) is 24.9. The Morgan fingerprint density at radius 1 is 1.38 bits per heavy atom. The molecular weight excluding hydrogens is 286 g/mol. The molecule has 0 aromatic carbocycles. The Morgan fingerprint density at radius 3 is 2.76 bits per heavy atom. The molecule has 0 aliphatic heterocycles. The molecule has 2 N–H and O–H groups in total. The molecule has 0 aliphatic rings. The van der Waals surface area contributed by atoms with Crippen molar-refractivity contribution in [2.45, 2.75) is 20.8 Å². The molecule has 0 unspecified atom stereocenters. The van der Waals surface area contributed by atoms with Crippen LogP contribution in [0.3, 0.4) is 0 Å². The number of carbonyl (C=O) groups excluding carboxylic acids is 1. The molecule has 0 fully saturated rings. The van der Waals surface area contributed by atoms with E-state index in [4.69, 9.17) is 0 Å². The number of hydrogen-bond acceptors (Lipinski definition) is 6. The molecule has 21 heavy (non-hydrogen) atoms. The Balaban J connectivity index is 2.49. The highest BCUT2D eigenvalue weighted by molar-refractivity contribution is 7.18. The smallest absolute Gasteiger partial charge is 0.239 e. The summed E-state index contributed by atoms with van der Waals surface area (Å²) in [5, 5.41) is 6.81. The molecule has 0 aliphatic carbocycles. The van der Waals surface area contributed by atoms with Gasteiger partial charge in [-0.1, -0.05) is 0 Å². The highest BCUT2D eigenvalue weighted by Gasteiger charge is 2.17. The van der Waals surface area contributed by atoms with E-state index < -0.39 is 0 Å². The van der Waals surface area contributed by atoms with Gasteiger partial charge in [0.05, 0.1) is 11.9 Å². The molecule has 0 saturated carbocycles. The Labute approximate surface area is 128 Å². The molecule has 7 heteroatoms. The third-order valence-electron chi connectivity index (χ3n) is 3.13. The van der Waals surface area contributed by atoms with Gasteiger partial charge in [-0.15, -0.1) is 11.3 Å². The van der Waals surface area contributed by atoms with Crippen molar-refractivity contribution in [3.8, 4) is 0 Å². The Morgan fingerprint density at radius 2 is 2.14 bits per heavy atom. The van der Waals surface area contributed by atoms with E-state index in [2.05, 4.69) is 33.6 Å². The number of aryl methyl sites for hydroxylation is 1. The maximum atomic E-state index is 11.7. The quantitative estimate of drug-likeness (QED) is 0.854. The predicted molar refractivity (Wildman–Crippen MR) is 88.3 cm³/mol. The van der Waals surface area contributed by atoms with Gasteiger partial charge in [0.25, 0.3) is 0 Å². The van der Waals surface area contributed by atoms with Gasteiger partial charge in [0, 0.05) is 25.0 Å². The first kappa shape index (κ1) is 15.5. The third kappa shape index (κ3) is 3.41. The molecule has 1 amide bonds. The standard InChI is InChI=1S/C14H21N5OS/c1-5-16-14-17-12(19(6-2)8-11(20)15-4)10-7-9(3)21-13(10)18-14/h7H,5-6,8H2,1-4H3,(H,15,20)(H,16,17,18). The molecule has 0 spiro atoms. The monoisotopic (exact) mass is 307 g/mol. The Bertz CT molecular complexity index is 640. The first-order valence-corrected chi connectivity index (χ1v) is 7.88. The number of thiophene rings is 1. The van der Waals surface area contributed by atoms with Crippen molar-refractivity contribution >= 4 is 39.2 Å². The second-order valence-corrected chi connectivity index (χ2v) is 5.90. The number of carbonyl (C=O) groups is 1. The highest BCUT2D eigenvalue weighted by Crippen LogP contribution is 2.31. The second-order valence-electron chi connectivity index (χ2n) is 4.66. The number of nitrogens with zero attached hydrogens (tertiary/aromatic N) is 3. The summed E-state index contributed by atoms with van der Waals surface area (Å²) in [5.41, 5.74) is 0. The van der Waals surface area contributed by atoms with E-state index in [0.29, 0.717) is 19.0 Å².